The highest BCUT2D eigenvalue weighted by Gasteiger charge is 2.41. The highest BCUT2D eigenvalue weighted by Crippen LogP contribution is 2.53. The van der Waals surface area contributed by atoms with Crippen molar-refractivity contribution in [3.8, 4) is 0 Å². The molecule has 1 unspecified atom stereocenters. The van der Waals surface area contributed by atoms with E-state index in [1.165, 1.54) is 19.1 Å². The van der Waals surface area contributed by atoms with Crippen molar-refractivity contribution in [2.24, 2.45) is 0 Å². The van der Waals surface area contributed by atoms with Crippen molar-refractivity contribution < 1.29 is 42.3 Å². The van der Waals surface area contributed by atoms with Crippen LogP contribution in [0.3, 0.4) is 0 Å². The summed E-state index contributed by atoms with van der Waals surface area (Å²) in [7, 11) is -3.80. The molecule has 0 saturated heterocycles. The summed E-state index contributed by atoms with van der Waals surface area (Å²) in [6, 6.07) is 6.29. The summed E-state index contributed by atoms with van der Waals surface area (Å²) in [5.74, 6) is -3.01. The van der Waals surface area contributed by atoms with Crippen molar-refractivity contribution in [3.05, 3.63) is 35.4 Å². The monoisotopic (exact) mass is 429 g/mol. The molecule has 0 radical (unpaired) electrons. The van der Waals surface area contributed by atoms with E-state index in [0.29, 0.717) is 5.06 Å². The smallest absolute Gasteiger partial charge is 0.361 e. The normalized spacial score (nSPS) is 14.8. The van der Waals surface area contributed by atoms with E-state index >= 15 is 0 Å². The SMILES string of the molecule is CCOP(=O)(OCC)C(CON1C(=O)c2ccccc2C1=O)OCCOC(C)=O. The Balaban J connectivity index is 2.10. The number of carbonyl (C=O) groups is 3. The van der Waals surface area contributed by atoms with Crippen LogP contribution in [0.2, 0.25) is 0 Å². The first-order valence-electron chi connectivity index (χ1n) is 9.08. The minimum Gasteiger partial charge on any atom is -0.463 e. The molecule has 0 bridgehead atoms. The van der Waals surface area contributed by atoms with Gasteiger partial charge < -0.3 is 18.5 Å². The molecule has 160 valence electrons. The Labute approximate surface area is 168 Å². The third-order valence-corrected chi connectivity index (χ3v) is 6.01. The minimum atomic E-state index is -3.80. The molecule has 1 aromatic rings. The maximum Gasteiger partial charge on any atom is 0.361 e. The molecule has 1 aliphatic rings. The molecule has 0 aromatic heterocycles. The average molecular weight is 429 g/mol. The Kier molecular flexibility index (Phi) is 8.48. The molecule has 1 heterocycles. The van der Waals surface area contributed by atoms with E-state index in [-0.39, 0.29) is 37.6 Å². The third kappa shape index (κ3) is 5.71. The molecule has 11 heteroatoms. The first kappa shape index (κ1) is 23.2. The lowest BCUT2D eigenvalue weighted by Crippen LogP contribution is -2.35. The zero-order chi connectivity index (χ0) is 21.4. The van der Waals surface area contributed by atoms with E-state index in [9.17, 15) is 18.9 Å². The van der Waals surface area contributed by atoms with Crippen molar-refractivity contribution >= 4 is 25.4 Å². The van der Waals surface area contributed by atoms with E-state index < -0.39 is 37.8 Å². The highest BCUT2D eigenvalue weighted by atomic mass is 31.2. The van der Waals surface area contributed by atoms with Crippen LogP contribution in [0.1, 0.15) is 41.5 Å². The molecule has 1 atom stereocenters. The fourth-order valence-electron chi connectivity index (χ4n) is 2.59. The van der Waals surface area contributed by atoms with E-state index in [1.807, 2.05) is 0 Å². The summed E-state index contributed by atoms with van der Waals surface area (Å²) < 4.78 is 33.9. The zero-order valence-electron chi connectivity index (χ0n) is 16.5. The number of ether oxygens (including phenoxy) is 2. The van der Waals surface area contributed by atoms with Crippen molar-refractivity contribution in [2.75, 3.05) is 33.0 Å². The van der Waals surface area contributed by atoms with E-state index in [4.69, 9.17) is 23.4 Å². The molecular weight excluding hydrogens is 405 g/mol. The van der Waals surface area contributed by atoms with Gasteiger partial charge in [0.25, 0.3) is 11.8 Å². The average Bonchev–Trinajstić information content (AvgIpc) is 2.92. The molecule has 0 aliphatic carbocycles. The fraction of sp³-hybridized carbons (Fsp3) is 0.500. The van der Waals surface area contributed by atoms with Crippen molar-refractivity contribution in [2.45, 2.75) is 26.6 Å². The number of amides is 2. The predicted molar refractivity (Wildman–Crippen MR) is 100 cm³/mol. The number of esters is 1. The van der Waals surface area contributed by atoms with Gasteiger partial charge in [-0.2, -0.15) is 0 Å². The van der Waals surface area contributed by atoms with Crippen LogP contribution >= 0.6 is 7.60 Å². The summed E-state index contributed by atoms with van der Waals surface area (Å²) in [6.45, 7) is 4.01. The van der Waals surface area contributed by atoms with Gasteiger partial charge in [0.15, 0.2) is 5.85 Å². The molecule has 29 heavy (non-hydrogen) atoms. The molecule has 10 nitrogen and oxygen atoms in total. The Morgan fingerprint density at radius 1 is 1.03 bits per heavy atom. The predicted octanol–water partition coefficient (Wildman–Crippen LogP) is 2.39. The van der Waals surface area contributed by atoms with Gasteiger partial charge in [-0.3, -0.25) is 23.8 Å². The molecule has 2 rings (SSSR count). The fourth-order valence-corrected chi connectivity index (χ4v) is 4.25. The number of fused-ring (bicyclic) bond motifs is 1. The van der Waals surface area contributed by atoms with E-state index in [0.717, 1.165) is 0 Å². The molecule has 0 fully saturated rings. The summed E-state index contributed by atoms with van der Waals surface area (Å²) in [5, 5.41) is 0.593. The maximum absolute atomic E-state index is 13.1. The van der Waals surface area contributed by atoms with Gasteiger partial charge in [-0.25, -0.2) is 0 Å². The number of benzene rings is 1. The van der Waals surface area contributed by atoms with Gasteiger partial charge in [0, 0.05) is 6.92 Å². The van der Waals surface area contributed by atoms with Crippen LogP contribution in [0.15, 0.2) is 24.3 Å². The second-order valence-electron chi connectivity index (χ2n) is 5.79. The summed E-state index contributed by atoms with van der Waals surface area (Å²) in [6.07, 6.45) is 0. The Hall–Kier alpha value is -2.10. The number of carbonyl (C=O) groups excluding carboxylic acids is 3. The number of hydrogen-bond acceptors (Lipinski definition) is 9. The molecule has 0 spiro atoms. The van der Waals surface area contributed by atoms with Crippen LogP contribution in [0.4, 0.5) is 0 Å². The number of hydrogen-bond donors (Lipinski definition) is 0. The maximum atomic E-state index is 13.1. The van der Waals surface area contributed by atoms with Gasteiger partial charge in [-0.15, -0.1) is 5.06 Å². The van der Waals surface area contributed by atoms with Crippen LogP contribution in [0.5, 0.6) is 0 Å². The van der Waals surface area contributed by atoms with Gasteiger partial charge in [0.05, 0.1) is 30.9 Å². The molecule has 1 aromatic carbocycles. The molecule has 0 N–H and O–H groups in total. The van der Waals surface area contributed by atoms with Gasteiger partial charge in [0.1, 0.15) is 13.2 Å². The lowest BCUT2D eigenvalue weighted by atomic mass is 10.1. The van der Waals surface area contributed by atoms with Gasteiger partial charge >= 0.3 is 13.6 Å². The molecule has 1 aliphatic heterocycles. The van der Waals surface area contributed by atoms with Crippen LogP contribution in [-0.2, 0) is 32.7 Å². The summed E-state index contributed by atoms with van der Waals surface area (Å²) in [4.78, 5) is 41.1. The summed E-state index contributed by atoms with van der Waals surface area (Å²) in [5.41, 5.74) is 0.422. The van der Waals surface area contributed by atoms with Crippen LogP contribution in [-0.4, -0.2) is 61.7 Å². The quantitative estimate of drug-likeness (QED) is 0.214. The first-order chi connectivity index (χ1) is 13.8. The molecule has 0 saturated carbocycles. The van der Waals surface area contributed by atoms with Crippen molar-refractivity contribution in [3.63, 3.8) is 0 Å². The standard InChI is InChI=1S/C18H24NO9P/c1-4-27-29(23,28-5-2)16(25-11-10-24-13(3)20)12-26-19-17(21)14-8-6-7-9-15(14)18(19)22/h6-9,16H,4-5,10-12H2,1-3H3. The molecule has 2 amide bonds. The minimum absolute atomic E-state index is 0.0775. The number of nitrogens with zero attached hydrogens (tertiary/aromatic N) is 1. The van der Waals surface area contributed by atoms with Crippen LogP contribution in [0, 0.1) is 0 Å². The lowest BCUT2D eigenvalue weighted by molar-refractivity contribution is -0.144. The largest absolute Gasteiger partial charge is 0.463 e. The number of hydroxylamine groups is 2. The van der Waals surface area contributed by atoms with Crippen LogP contribution in [0.25, 0.3) is 0 Å². The Bertz CT molecular complexity index is 752. The second kappa shape index (κ2) is 10.6. The van der Waals surface area contributed by atoms with E-state index in [1.54, 1.807) is 26.0 Å². The highest BCUT2D eigenvalue weighted by molar-refractivity contribution is 7.54. The Morgan fingerprint density at radius 2 is 1.59 bits per heavy atom. The molecular formula is C18H24NO9P. The first-order valence-corrected chi connectivity index (χ1v) is 10.7. The van der Waals surface area contributed by atoms with Gasteiger partial charge in [0.2, 0.25) is 0 Å². The van der Waals surface area contributed by atoms with Crippen LogP contribution < -0.4 is 0 Å². The summed E-state index contributed by atoms with van der Waals surface area (Å²) >= 11 is 0. The number of imide groups is 1. The number of rotatable bonds is 12. The third-order valence-electron chi connectivity index (χ3n) is 3.77. The second-order valence-corrected chi connectivity index (χ2v) is 7.96. The van der Waals surface area contributed by atoms with E-state index in [2.05, 4.69) is 0 Å². The topological polar surface area (TPSA) is 118 Å². The van der Waals surface area contributed by atoms with Crippen molar-refractivity contribution in [1.82, 2.24) is 5.06 Å². The van der Waals surface area contributed by atoms with Gasteiger partial charge in [-0.1, -0.05) is 12.1 Å². The van der Waals surface area contributed by atoms with Gasteiger partial charge in [-0.05, 0) is 26.0 Å². The zero-order valence-corrected chi connectivity index (χ0v) is 17.4. The Morgan fingerprint density at radius 3 is 2.07 bits per heavy atom. The lowest BCUT2D eigenvalue weighted by Gasteiger charge is -2.27. The van der Waals surface area contributed by atoms with Crippen molar-refractivity contribution in [1.29, 1.82) is 0 Å².